The first-order chi connectivity index (χ1) is 8.98. The van der Waals surface area contributed by atoms with Gasteiger partial charge in [0.2, 0.25) is 0 Å². The molecule has 0 amide bonds. The van der Waals surface area contributed by atoms with Crippen molar-refractivity contribution >= 4 is 5.97 Å². The number of hydrogen-bond donors (Lipinski definition) is 3. The summed E-state index contributed by atoms with van der Waals surface area (Å²) >= 11 is 0. The molecule has 1 aliphatic carbocycles. The highest BCUT2D eigenvalue weighted by atomic mass is 16.4. The SMILES string of the molecule is CN1CCC(CNCC2(O)CCC(C(=O)O)CC2)C1. The van der Waals surface area contributed by atoms with Crippen LogP contribution >= 0.6 is 0 Å². The van der Waals surface area contributed by atoms with E-state index in [-0.39, 0.29) is 5.92 Å². The van der Waals surface area contributed by atoms with E-state index < -0.39 is 11.6 Å². The molecular weight excluding hydrogens is 244 g/mol. The lowest BCUT2D eigenvalue weighted by Gasteiger charge is -2.35. The lowest BCUT2D eigenvalue weighted by molar-refractivity contribution is -0.144. The lowest BCUT2D eigenvalue weighted by atomic mass is 9.79. The third kappa shape index (κ3) is 4.16. The number of carbonyl (C=O) groups is 1. The van der Waals surface area contributed by atoms with Gasteiger partial charge in [-0.2, -0.15) is 0 Å². The van der Waals surface area contributed by atoms with E-state index >= 15 is 0 Å². The third-order valence-corrected chi connectivity index (χ3v) is 4.64. The minimum atomic E-state index is -0.719. The van der Waals surface area contributed by atoms with E-state index in [2.05, 4.69) is 17.3 Å². The number of rotatable bonds is 5. The molecule has 5 nitrogen and oxygen atoms in total. The van der Waals surface area contributed by atoms with Crippen LogP contribution in [0.3, 0.4) is 0 Å². The Hall–Kier alpha value is -0.650. The smallest absolute Gasteiger partial charge is 0.306 e. The van der Waals surface area contributed by atoms with Crippen molar-refractivity contribution in [1.82, 2.24) is 10.2 Å². The molecule has 3 N–H and O–H groups in total. The second kappa shape index (κ2) is 6.20. The molecule has 0 bridgehead atoms. The van der Waals surface area contributed by atoms with Crippen LogP contribution in [0.2, 0.25) is 0 Å². The quantitative estimate of drug-likeness (QED) is 0.680. The number of carboxylic acid groups (broad SMARTS) is 1. The van der Waals surface area contributed by atoms with Crippen molar-refractivity contribution in [2.24, 2.45) is 11.8 Å². The van der Waals surface area contributed by atoms with Crippen LogP contribution in [0, 0.1) is 11.8 Å². The summed E-state index contributed by atoms with van der Waals surface area (Å²) in [4.78, 5) is 13.2. The van der Waals surface area contributed by atoms with Crippen LogP contribution in [0.4, 0.5) is 0 Å². The lowest BCUT2D eigenvalue weighted by Crippen LogP contribution is -2.45. The Kier molecular flexibility index (Phi) is 4.81. The van der Waals surface area contributed by atoms with Crippen molar-refractivity contribution < 1.29 is 15.0 Å². The molecule has 1 heterocycles. The van der Waals surface area contributed by atoms with Crippen molar-refractivity contribution in [3.05, 3.63) is 0 Å². The molecule has 1 atom stereocenters. The maximum atomic E-state index is 10.9. The topological polar surface area (TPSA) is 72.8 Å². The maximum Gasteiger partial charge on any atom is 0.306 e. The Morgan fingerprint density at radius 3 is 2.58 bits per heavy atom. The van der Waals surface area contributed by atoms with E-state index in [1.54, 1.807) is 0 Å². The van der Waals surface area contributed by atoms with Crippen LogP contribution in [0.25, 0.3) is 0 Å². The predicted molar refractivity (Wildman–Crippen MR) is 73.0 cm³/mol. The van der Waals surface area contributed by atoms with E-state index in [1.807, 2.05) is 0 Å². The van der Waals surface area contributed by atoms with Crippen LogP contribution in [0.15, 0.2) is 0 Å². The van der Waals surface area contributed by atoms with Crippen molar-refractivity contribution in [3.8, 4) is 0 Å². The molecule has 2 rings (SSSR count). The molecule has 0 aromatic rings. The predicted octanol–water partition coefficient (Wildman–Crippen LogP) is 0.534. The number of nitrogens with one attached hydrogen (secondary N) is 1. The second-order valence-corrected chi connectivity index (χ2v) is 6.38. The fraction of sp³-hybridized carbons (Fsp3) is 0.929. The van der Waals surface area contributed by atoms with Gasteiger partial charge in [0.1, 0.15) is 0 Å². The number of aliphatic carboxylic acids is 1. The molecule has 2 aliphatic rings. The van der Waals surface area contributed by atoms with Gasteiger partial charge in [-0.3, -0.25) is 4.79 Å². The summed E-state index contributed by atoms with van der Waals surface area (Å²) < 4.78 is 0. The normalized spacial score (nSPS) is 36.5. The van der Waals surface area contributed by atoms with Crippen molar-refractivity contribution in [3.63, 3.8) is 0 Å². The van der Waals surface area contributed by atoms with Gasteiger partial charge in [-0.1, -0.05) is 0 Å². The van der Waals surface area contributed by atoms with Crippen molar-refractivity contribution in [2.45, 2.75) is 37.7 Å². The van der Waals surface area contributed by atoms with Crippen LogP contribution in [0.1, 0.15) is 32.1 Å². The van der Waals surface area contributed by atoms with Gasteiger partial charge >= 0.3 is 5.97 Å². The van der Waals surface area contributed by atoms with Gasteiger partial charge in [-0.15, -0.1) is 0 Å². The van der Waals surface area contributed by atoms with Gasteiger partial charge in [-0.05, 0) is 58.2 Å². The number of likely N-dealkylation sites (tertiary alicyclic amines) is 1. The number of carboxylic acids is 1. The molecule has 110 valence electrons. The molecule has 0 aromatic carbocycles. The van der Waals surface area contributed by atoms with Crippen molar-refractivity contribution in [2.75, 3.05) is 33.2 Å². The summed E-state index contributed by atoms with van der Waals surface area (Å²) in [5.74, 6) is -0.295. The summed E-state index contributed by atoms with van der Waals surface area (Å²) in [6.45, 7) is 3.85. The van der Waals surface area contributed by atoms with E-state index in [0.29, 0.717) is 38.1 Å². The van der Waals surface area contributed by atoms with Gasteiger partial charge in [-0.25, -0.2) is 0 Å². The summed E-state index contributed by atoms with van der Waals surface area (Å²) in [7, 11) is 2.14. The average Bonchev–Trinajstić information content (AvgIpc) is 2.75. The largest absolute Gasteiger partial charge is 0.481 e. The molecule has 0 aromatic heterocycles. The zero-order chi connectivity index (χ0) is 13.9. The van der Waals surface area contributed by atoms with E-state index in [0.717, 1.165) is 19.6 Å². The molecule has 1 unspecified atom stereocenters. The van der Waals surface area contributed by atoms with Crippen molar-refractivity contribution in [1.29, 1.82) is 0 Å². The highest BCUT2D eigenvalue weighted by Crippen LogP contribution is 2.31. The highest BCUT2D eigenvalue weighted by molar-refractivity contribution is 5.70. The Morgan fingerprint density at radius 2 is 2.05 bits per heavy atom. The summed E-state index contributed by atoms with van der Waals surface area (Å²) in [5.41, 5.74) is -0.698. The molecule has 0 spiro atoms. The summed E-state index contributed by atoms with van der Waals surface area (Å²) in [6, 6.07) is 0. The van der Waals surface area contributed by atoms with Crippen LogP contribution < -0.4 is 5.32 Å². The van der Waals surface area contributed by atoms with Crippen LogP contribution in [-0.4, -0.2) is 59.9 Å². The third-order valence-electron chi connectivity index (χ3n) is 4.64. The van der Waals surface area contributed by atoms with E-state index in [1.165, 1.54) is 6.42 Å². The Morgan fingerprint density at radius 1 is 1.37 bits per heavy atom. The van der Waals surface area contributed by atoms with Gasteiger partial charge in [0, 0.05) is 13.1 Å². The zero-order valence-electron chi connectivity index (χ0n) is 11.8. The number of aliphatic hydroxyl groups is 1. The van der Waals surface area contributed by atoms with Gasteiger partial charge in [0.25, 0.3) is 0 Å². The monoisotopic (exact) mass is 270 g/mol. The average molecular weight is 270 g/mol. The fourth-order valence-electron chi connectivity index (χ4n) is 3.28. The minimum Gasteiger partial charge on any atom is -0.481 e. The van der Waals surface area contributed by atoms with Gasteiger partial charge < -0.3 is 20.4 Å². The van der Waals surface area contributed by atoms with E-state index in [4.69, 9.17) is 5.11 Å². The first-order valence-corrected chi connectivity index (χ1v) is 7.33. The molecule has 1 saturated carbocycles. The molecule has 5 heteroatoms. The Labute approximate surface area is 115 Å². The first-order valence-electron chi connectivity index (χ1n) is 7.33. The number of hydrogen-bond acceptors (Lipinski definition) is 4. The molecule has 19 heavy (non-hydrogen) atoms. The van der Waals surface area contributed by atoms with Crippen LogP contribution in [-0.2, 0) is 4.79 Å². The Bertz CT molecular complexity index is 314. The second-order valence-electron chi connectivity index (χ2n) is 6.38. The zero-order valence-corrected chi connectivity index (χ0v) is 11.8. The molecule has 1 saturated heterocycles. The van der Waals surface area contributed by atoms with Crippen LogP contribution in [0.5, 0.6) is 0 Å². The summed E-state index contributed by atoms with van der Waals surface area (Å²) in [5, 5.41) is 22.8. The van der Waals surface area contributed by atoms with Gasteiger partial charge in [0.05, 0.1) is 11.5 Å². The standard InChI is InChI=1S/C14H26N2O3/c1-16-7-4-11(9-16)8-15-10-14(19)5-2-12(3-6-14)13(17)18/h11-12,15,19H,2-10H2,1H3,(H,17,18). The highest BCUT2D eigenvalue weighted by Gasteiger charge is 2.35. The maximum absolute atomic E-state index is 10.9. The molecule has 2 fully saturated rings. The van der Waals surface area contributed by atoms with E-state index in [9.17, 15) is 9.90 Å². The molecule has 0 radical (unpaired) electrons. The Balaban J connectivity index is 1.67. The summed E-state index contributed by atoms with van der Waals surface area (Å²) in [6.07, 6.45) is 3.62. The molecular formula is C14H26N2O3. The molecule has 1 aliphatic heterocycles. The number of nitrogens with zero attached hydrogens (tertiary/aromatic N) is 1. The first kappa shape index (κ1) is 14.8. The fourth-order valence-corrected chi connectivity index (χ4v) is 3.28. The minimum absolute atomic E-state index is 0.260. The van der Waals surface area contributed by atoms with Gasteiger partial charge in [0.15, 0.2) is 0 Å².